The van der Waals surface area contributed by atoms with Crippen LogP contribution in [0.3, 0.4) is 0 Å². The summed E-state index contributed by atoms with van der Waals surface area (Å²) in [6.45, 7) is -0.622. The number of aliphatic hydroxyl groups excluding tert-OH is 16. The van der Waals surface area contributed by atoms with Crippen LogP contribution < -0.4 is 21.3 Å². The van der Waals surface area contributed by atoms with Gasteiger partial charge in [0.2, 0.25) is 23.6 Å². The van der Waals surface area contributed by atoms with E-state index >= 15 is 0 Å². The van der Waals surface area contributed by atoms with Gasteiger partial charge < -0.3 is 150 Å². The lowest BCUT2D eigenvalue weighted by Crippen LogP contribution is -2.71. The lowest BCUT2D eigenvalue weighted by Gasteiger charge is -2.51. The van der Waals surface area contributed by atoms with Crippen LogP contribution in [0.4, 0.5) is 0 Å². The third-order valence-corrected chi connectivity index (χ3v) is 13.6. The quantitative estimate of drug-likeness (QED) is 0.0452. The van der Waals surface area contributed by atoms with Crippen LogP contribution in [-0.4, -0.2) is 323 Å². The molecule has 5 fully saturated rings. The number of amides is 4. The second kappa shape index (κ2) is 29.2. The topological polar surface area (TPSA) is 532 Å². The van der Waals surface area contributed by atoms with E-state index in [2.05, 4.69) is 21.3 Å². The molecule has 0 aromatic carbocycles. The molecule has 0 aliphatic carbocycles. The molecule has 5 aliphatic rings. The van der Waals surface area contributed by atoms with Crippen LogP contribution >= 0.6 is 0 Å². The van der Waals surface area contributed by atoms with E-state index in [9.17, 15) is 101 Å². The summed E-state index contributed by atoms with van der Waals surface area (Å²) in [6, 6.07) is -6.75. The van der Waals surface area contributed by atoms with Gasteiger partial charge in [0.25, 0.3) is 0 Å². The molecule has 5 heterocycles. The van der Waals surface area contributed by atoms with E-state index in [-0.39, 0.29) is 0 Å². The molecule has 0 spiro atoms. The van der Waals surface area contributed by atoms with Crippen molar-refractivity contribution in [3.63, 3.8) is 0 Å². The zero-order valence-electron chi connectivity index (χ0n) is 42.9. The minimum absolute atomic E-state index is 0.723. The van der Waals surface area contributed by atoms with E-state index in [0.717, 1.165) is 27.7 Å². The van der Waals surface area contributed by atoms with E-state index < -0.39 is 241 Å². The Morgan fingerprint density at radius 2 is 0.910 bits per heavy atom. The Hall–Kier alpha value is -3.16. The normalized spacial score (nSPS) is 42.9. The van der Waals surface area contributed by atoms with Crippen molar-refractivity contribution in [2.75, 3.05) is 39.6 Å². The number of hydrogen-bond donors (Lipinski definition) is 20. The second-order valence-electron chi connectivity index (χ2n) is 19.5. The second-order valence-corrected chi connectivity index (χ2v) is 19.5. The molecule has 20 N–H and O–H groups in total. The van der Waals surface area contributed by atoms with Crippen LogP contribution in [0.15, 0.2) is 0 Å². The van der Waals surface area contributed by atoms with Gasteiger partial charge in [0, 0.05) is 27.7 Å². The number of carbonyl (C=O) groups is 4. The average Bonchev–Trinajstić information content (AvgIpc) is 3.44. The fraction of sp³-hybridized carbons (Fsp3) is 0.909. The summed E-state index contributed by atoms with van der Waals surface area (Å²) in [7, 11) is 0. The molecular formula is C44H76N4O30. The predicted molar refractivity (Wildman–Crippen MR) is 246 cm³/mol. The Morgan fingerprint density at radius 3 is 1.41 bits per heavy atom. The molecule has 34 nitrogen and oxygen atoms in total. The van der Waals surface area contributed by atoms with E-state index in [4.69, 9.17) is 47.4 Å². The number of aliphatic hydroxyl groups is 16. The Balaban J connectivity index is 1.50. The maximum atomic E-state index is 12.9. The zero-order valence-corrected chi connectivity index (χ0v) is 42.9. The van der Waals surface area contributed by atoms with Crippen LogP contribution in [0.5, 0.6) is 0 Å². The van der Waals surface area contributed by atoms with Gasteiger partial charge in [0.05, 0.1) is 51.8 Å². The van der Waals surface area contributed by atoms with Gasteiger partial charge in [-0.3, -0.25) is 19.2 Å². The van der Waals surface area contributed by atoms with Gasteiger partial charge >= 0.3 is 0 Å². The molecule has 78 heavy (non-hydrogen) atoms. The molecule has 0 saturated carbocycles. The summed E-state index contributed by atoms with van der Waals surface area (Å²) in [4.78, 5) is 49.6. The van der Waals surface area contributed by atoms with Crippen LogP contribution in [0.2, 0.25) is 0 Å². The lowest BCUT2D eigenvalue weighted by molar-refractivity contribution is -0.399. The first kappa shape index (κ1) is 65.6. The molecule has 0 unspecified atom stereocenters. The summed E-state index contributed by atoms with van der Waals surface area (Å²) < 4.78 is 58.9. The van der Waals surface area contributed by atoms with Gasteiger partial charge in [-0.1, -0.05) is 0 Å². The van der Waals surface area contributed by atoms with Crippen LogP contribution in [0, 0.1) is 0 Å². The smallest absolute Gasteiger partial charge is 0.217 e. The standard InChI is InChI=1S/C44H76N4O30/c1-12-26(59)34(67)35(68)43(70-12)78-39-38(77-41-24(47-15(4)56)32(65)29(62)20(8-51)72-41)30(63)21(9-52)73-44(39)76-37-22(10-53)74-42(25(33(37)66)48-16(5)57)75-36(17(6-49)45-13(2)54)27(60)18(58)11-69-40-23(46-14(3)55)31(64)28(61)19(7-50)71-40/h12,17-44,49-53,58-68H,6-11H2,1-5H3,(H,45,54)(H,46,55)(H,47,56)(H,48,57)/t12-,17-,18+,19+,20+,21+,22+,23+,24+,25+,26+,27-,28+,29-,30-,31+,32+,33+,34+,35-,36+,37+,38-,39+,40+,41+,42-,43-,44-/m0/s1. The van der Waals surface area contributed by atoms with Gasteiger partial charge in [-0.2, -0.15) is 0 Å². The highest BCUT2D eigenvalue weighted by atomic mass is 16.8. The SMILES string of the molecule is CC(=O)N[C@H]1[C@H](O[C@@H]([C@@H](O)[C@H](O)CO[C@@H]2O[C@H](CO)[C@@H](O)[C@H](O)[C@H]2NC(C)=O)[C@H](CO)NC(C)=O)O[C@H](CO)[C@@H](O[C@@H]2O[C@H](CO)[C@H](O)[C@H](O[C@H]3O[C@H](CO)[C@H](O)[C@H](O)[C@H]3NC(C)=O)[C@H]2O[C@@H]2O[C@@H](C)[C@@H](O)[C@@H](O)[C@@H]2O)[C@@H]1O. The molecular weight excluding hydrogens is 1060 g/mol. The molecule has 0 aromatic heterocycles. The molecule has 34 heteroatoms. The predicted octanol–water partition coefficient (Wildman–Crippen LogP) is -12.9. The van der Waals surface area contributed by atoms with Crippen LogP contribution in [0.25, 0.3) is 0 Å². The van der Waals surface area contributed by atoms with E-state index in [1.54, 1.807) is 0 Å². The molecule has 5 saturated heterocycles. The van der Waals surface area contributed by atoms with Crippen molar-refractivity contribution in [3.05, 3.63) is 0 Å². The number of nitrogens with one attached hydrogen (secondary N) is 4. The molecule has 0 bridgehead atoms. The maximum absolute atomic E-state index is 12.9. The van der Waals surface area contributed by atoms with Crippen LogP contribution in [-0.2, 0) is 66.5 Å². The summed E-state index contributed by atoms with van der Waals surface area (Å²) in [5, 5.41) is 183. The highest BCUT2D eigenvalue weighted by molar-refractivity contribution is 5.74. The monoisotopic (exact) mass is 1140 g/mol. The Morgan fingerprint density at radius 1 is 0.462 bits per heavy atom. The zero-order chi connectivity index (χ0) is 58.2. The van der Waals surface area contributed by atoms with Crippen molar-refractivity contribution in [1.29, 1.82) is 0 Å². The molecule has 4 amide bonds. The third-order valence-electron chi connectivity index (χ3n) is 13.6. The first-order valence-electron chi connectivity index (χ1n) is 24.9. The number of rotatable bonds is 23. The minimum Gasteiger partial charge on any atom is -0.394 e. The van der Waals surface area contributed by atoms with E-state index in [1.807, 2.05) is 0 Å². The molecule has 5 aliphatic heterocycles. The summed E-state index contributed by atoms with van der Waals surface area (Å²) in [5.41, 5.74) is 0. The van der Waals surface area contributed by atoms with Crippen molar-refractivity contribution >= 4 is 23.6 Å². The fourth-order valence-corrected chi connectivity index (χ4v) is 9.55. The number of ether oxygens (including phenoxy) is 10. The average molecular weight is 1140 g/mol. The summed E-state index contributed by atoms with van der Waals surface area (Å²) in [6.07, 6.45) is -47.5. The maximum Gasteiger partial charge on any atom is 0.217 e. The summed E-state index contributed by atoms with van der Waals surface area (Å²) >= 11 is 0. The highest BCUT2D eigenvalue weighted by Gasteiger charge is 2.58. The summed E-state index contributed by atoms with van der Waals surface area (Å²) in [5.74, 6) is -3.25. The Labute approximate surface area is 444 Å². The van der Waals surface area contributed by atoms with Gasteiger partial charge in [-0.15, -0.1) is 0 Å². The third kappa shape index (κ3) is 15.5. The molecule has 5 rings (SSSR count). The minimum atomic E-state index is -2.27. The van der Waals surface area contributed by atoms with Crippen molar-refractivity contribution in [2.24, 2.45) is 0 Å². The lowest BCUT2D eigenvalue weighted by atomic mass is 9.94. The largest absolute Gasteiger partial charge is 0.394 e. The van der Waals surface area contributed by atoms with E-state index in [1.165, 1.54) is 6.92 Å². The van der Waals surface area contributed by atoms with Crippen LogP contribution in [0.1, 0.15) is 34.6 Å². The fourth-order valence-electron chi connectivity index (χ4n) is 9.55. The Kier molecular flexibility index (Phi) is 24.6. The van der Waals surface area contributed by atoms with E-state index in [0.29, 0.717) is 0 Å². The van der Waals surface area contributed by atoms with Crippen molar-refractivity contribution in [3.8, 4) is 0 Å². The molecule has 0 radical (unpaired) electrons. The first-order valence-corrected chi connectivity index (χ1v) is 24.9. The van der Waals surface area contributed by atoms with Gasteiger partial charge in [-0.25, -0.2) is 0 Å². The van der Waals surface area contributed by atoms with Crippen molar-refractivity contribution in [1.82, 2.24) is 21.3 Å². The molecule has 0 aromatic rings. The van der Waals surface area contributed by atoms with Gasteiger partial charge in [-0.05, 0) is 6.92 Å². The van der Waals surface area contributed by atoms with Gasteiger partial charge in [0.1, 0.15) is 134 Å². The Bertz CT molecular complexity index is 1920. The van der Waals surface area contributed by atoms with Crippen molar-refractivity contribution in [2.45, 2.75) is 212 Å². The number of hydrogen-bond acceptors (Lipinski definition) is 30. The molecule has 452 valence electrons. The number of carbonyl (C=O) groups excluding carboxylic acids is 4. The van der Waals surface area contributed by atoms with Gasteiger partial charge in [0.15, 0.2) is 31.5 Å². The molecule has 29 atom stereocenters. The van der Waals surface area contributed by atoms with Crippen molar-refractivity contribution < 1.29 is 148 Å². The first-order chi connectivity index (χ1) is 36.7. The highest BCUT2D eigenvalue weighted by Crippen LogP contribution is 2.37.